The van der Waals surface area contributed by atoms with Gasteiger partial charge in [0.05, 0.1) is 24.7 Å². The third-order valence-corrected chi connectivity index (χ3v) is 6.88. The third-order valence-electron chi connectivity index (χ3n) is 5.04. The average molecular weight is 347 g/mol. The first-order valence-corrected chi connectivity index (χ1v) is 10.2. The van der Waals surface area contributed by atoms with E-state index in [1.54, 1.807) is 0 Å². The van der Waals surface area contributed by atoms with Crippen LogP contribution in [0.5, 0.6) is 0 Å². The van der Waals surface area contributed by atoms with Crippen LogP contribution in [0.2, 0.25) is 0 Å². The summed E-state index contributed by atoms with van der Waals surface area (Å²) >= 11 is 0. The van der Waals surface area contributed by atoms with Crippen molar-refractivity contribution in [1.82, 2.24) is 15.5 Å². The Morgan fingerprint density at radius 1 is 1.30 bits per heavy atom. The van der Waals surface area contributed by atoms with E-state index in [9.17, 15) is 13.2 Å². The molecule has 0 bridgehead atoms. The van der Waals surface area contributed by atoms with Gasteiger partial charge in [-0.2, -0.15) is 0 Å². The average Bonchev–Trinajstić information content (AvgIpc) is 2.90. The van der Waals surface area contributed by atoms with E-state index in [0.717, 1.165) is 32.7 Å². The summed E-state index contributed by atoms with van der Waals surface area (Å²) < 4.78 is 28.2. The molecule has 0 radical (unpaired) electrons. The van der Waals surface area contributed by atoms with E-state index >= 15 is 0 Å². The van der Waals surface area contributed by atoms with Crippen molar-refractivity contribution in [3.05, 3.63) is 0 Å². The second-order valence-corrected chi connectivity index (χ2v) is 9.01. The summed E-state index contributed by atoms with van der Waals surface area (Å²) in [6.07, 6.45) is 1.58. The first kappa shape index (κ1) is 18.5. The fourth-order valence-corrected chi connectivity index (χ4v) is 5.03. The van der Waals surface area contributed by atoms with Crippen molar-refractivity contribution in [2.75, 3.05) is 50.9 Å². The molecule has 2 saturated heterocycles. The van der Waals surface area contributed by atoms with E-state index in [4.69, 9.17) is 4.74 Å². The van der Waals surface area contributed by atoms with Gasteiger partial charge in [-0.25, -0.2) is 13.2 Å². The molecule has 0 aliphatic carbocycles. The van der Waals surface area contributed by atoms with Gasteiger partial charge in [0.2, 0.25) is 0 Å². The minimum atomic E-state index is -2.89. The van der Waals surface area contributed by atoms with Crippen LogP contribution in [0.25, 0.3) is 0 Å². The summed E-state index contributed by atoms with van der Waals surface area (Å²) in [5.74, 6) is 0.474. The van der Waals surface area contributed by atoms with E-state index < -0.39 is 9.84 Å². The van der Waals surface area contributed by atoms with Crippen LogP contribution in [0.1, 0.15) is 26.7 Å². The second-order valence-electron chi connectivity index (χ2n) is 6.78. The van der Waals surface area contributed by atoms with Gasteiger partial charge in [0.15, 0.2) is 9.84 Å². The summed E-state index contributed by atoms with van der Waals surface area (Å²) in [7, 11) is -2.89. The van der Waals surface area contributed by atoms with Gasteiger partial charge in [0.1, 0.15) is 0 Å². The molecule has 8 heteroatoms. The van der Waals surface area contributed by atoms with Gasteiger partial charge < -0.3 is 15.4 Å². The highest BCUT2D eigenvalue weighted by Gasteiger charge is 2.32. The molecule has 0 unspecified atom stereocenters. The van der Waals surface area contributed by atoms with Crippen LogP contribution in [0.15, 0.2) is 0 Å². The zero-order valence-electron chi connectivity index (χ0n) is 14.1. The van der Waals surface area contributed by atoms with Crippen molar-refractivity contribution in [1.29, 1.82) is 0 Å². The van der Waals surface area contributed by atoms with E-state index in [2.05, 4.69) is 29.4 Å². The van der Waals surface area contributed by atoms with Crippen LogP contribution < -0.4 is 10.6 Å². The fraction of sp³-hybridized carbons (Fsp3) is 0.933. The standard InChI is InChI=1S/C15H29N3O4S/c1-3-15(2,18-5-7-22-8-6-18)12-17-14(19)16-10-13-4-9-23(20,21)11-13/h13H,3-12H2,1-2H3,(H2,16,17,19)/t13-,15+/m1/s1. The highest BCUT2D eigenvalue weighted by molar-refractivity contribution is 7.91. The molecule has 2 amide bonds. The van der Waals surface area contributed by atoms with Gasteiger partial charge in [-0.15, -0.1) is 0 Å². The maximum Gasteiger partial charge on any atom is 0.314 e. The van der Waals surface area contributed by atoms with Crippen molar-refractivity contribution >= 4 is 15.9 Å². The number of carbonyl (C=O) groups is 1. The van der Waals surface area contributed by atoms with Gasteiger partial charge in [-0.3, -0.25) is 4.90 Å². The number of sulfone groups is 1. The minimum absolute atomic E-state index is 0.0440. The summed E-state index contributed by atoms with van der Waals surface area (Å²) in [4.78, 5) is 14.4. The molecule has 0 saturated carbocycles. The van der Waals surface area contributed by atoms with E-state index in [0.29, 0.717) is 19.5 Å². The number of hydrogen-bond donors (Lipinski definition) is 2. The summed E-state index contributed by atoms with van der Waals surface area (Å²) in [5.41, 5.74) is -0.0855. The fourth-order valence-electron chi connectivity index (χ4n) is 3.17. The molecule has 0 aromatic carbocycles. The number of urea groups is 1. The predicted octanol–water partition coefficient (Wildman–Crippen LogP) is 0.221. The van der Waals surface area contributed by atoms with Gasteiger partial charge in [0, 0.05) is 31.7 Å². The molecule has 2 N–H and O–H groups in total. The molecule has 2 fully saturated rings. The van der Waals surface area contributed by atoms with Crippen LogP contribution in [0.4, 0.5) is 4.79 Å². The van der Waals surface area contributed by atoms with Crippen molar-refractivity contribution in [3.8, 4) is 0 Å². The SMILES string of the molecule is CC[C@@](C)(CNC(=O)NC[C@H]1CCS(=O)(=O)C1)N1CCOCC1. The lowest BCUT2D eigenvalue weighted by Gasteiger charge is -2.43. The van der Waals surface area contributed by atoms with E-state index in [1.807, 2.05) is 0 Å². The molecule has 0 aromatic rings. The topological polar surface area (TPSA) is 87.7 Å². The monoisotopic (exact) mass is 347 g/mol. The van der Waals surface area contributed by atoms with Crippen LogP contribution in [-0.4, -0.2) is 75.8 Å². The number of nitrogens with one attached hydrogen (secondary N) is 2. The third kappa shape index (κ3) is 5.32. The van der Waals surface area contributed by atoms with Gasteiger partial charge in [0.25, 0.3) is 0 Å². The molecule has 0 spiro atoms. The van der Waals surface area contributed by atoms with Crippen LogP contribution in [-0.2, 0) is 14.6 Å². The first-order chi connectivity index (χ1) is 10.8. The molecule has 2 aliphatic heterocycles. The largest absolute Gasteiger partial charge is 0.379 e. The number of morpholine rings is 1. The van der Waals surface area contributed by atoms with Crippen molar-refractivity contribution in [3.63, 3.8) is 0 Å². The molecular formula is C15H29N3O4S. The van der Waals surface area contributed by atoms with Crippen molar-refractivity contribution < 1.29 is 17.9 Å². The number of hydrogen-bond acceptors (Lipinski definition) is 5. The highest BCUT2D eigenvalue weighted by Crippen LogP contribution is 2.20. The zero-order chi connectivity index (χ0) is 16.9. The Morgan fingerprint density at radius 2 is 2.00 bits per heavy atom. The Bertz CT molecular complexity index is 505. The summed E-state index contributed by atoms with van der Waals surface area (Å²) in [6, 6.07) is -0.220. The Balaban J connectivity index is 1.74. The molecule has 2 rings (SSSR count). The number of nitrogens with zero attached hydrogens (tertiary/aromatic N) is 1. The molecule has 2 heterocycles. The molecule has 23 heavy (non-hydrogen) atoms. The summed E-state index contributed by atoms with van der Waals surface area (Å²) in [5, 5.41) is 5.74. The molecule has 0 aromatic heterocycles. The molecule has 2 aliphatic rings. The lowest BCUT2D eigenvalue weighted by atomic mass is 9.95. The Hall–Kier alpha value is -0.860. The summed E-state index contributed by atoms with van der Waals surface area (Å²) in [6.45, 7) is 8.50. The molecule has 7 nitrogen and oxygen atoms in total. The van der Waals surface area contributed by atoms with Gasteiger partial charge in [-0.05, 0) is 25.7 Å². The number of rotatable bonds is 6. The number of ether oxygens (including phenoxy) is 1. The minimum Gasteiger partial charge on any atom is -0.379 e. The predicted molar refractivity (Wildman–Crippen MR) is 89.3 cm³/mol. The van der Waals surface area contributed by atoms with Crippen LogP contribution in [0, 0.1) is 5.92 Å². The number of amides is 2. The normalized spacial score (nSPS) is 27.3. The van der Waals surface area contributed by atoms with Gasteiger partial charge in [-0.1, -0.05) is 6.92 Å². The van der Waals surface area contributed by atoms with Crippen molar-refractivity contribution in [2.45, 2.75) is 32.2 Å². The molecule has 2 atom stereocenters. The smallest absolute Gasteiger partial charge is 0.314 e. The van der Waals surface area contributed by atoms with Crippen LogP contribution in [0.3, 0.4) is 0 Å². The quantitative estimate of drug-likeness (QED) is 0.718. The lowest BCUT2D eigenvalue weighted by Crippen LogP contribution is -2.57. The zero-order valence-corrected chi connectivity index (χ0v) is 15.0. The Labute approximate surface area is 139 Å². The number of carbonyl (C=O) groups excluding carboxylic acids is 1. The van der Waals surface area contributed by atoms with Crippen molar-refractivity contribution in [2.24, 2.45) is 5.92 Å². The second kappa shape index (κ2) is 7.81. The van der Waals surface area contributed by atoms with Crippen LogP contribution >= 0.6 is 0 Å². The maximum absolute atomic E-state index is 12.0. The molecule has 134 valence electrons. The Morgan fingerprint density at radius 3 is 2.57 bits per heavy atom. The molecular weight excluding hydrogens is 318 g/mol. The van der Waals surface area contributed by atoms with E-state index in [1.165, 1.54) is 0 Å². The Kier molecular flexibility index (Phi) is 6.27. The highest BCUT2D eigenvalue weighted by atomic mass is 32.2. The van der Waals surface area contributed by atoms with Gasteiger partial charge >= 0.3 is 6.03 Å². The maximum atomic E-state index is 12.0. The first-order valence-electron chi connectivity index (χ1n) is 8.39. The van der Waals surface area contributed by atoms with E-state index in [-0.39, 0.29) is 29.0 Å². The lowest BCUT2D eigenvalue weighted by molar-refractivity contribution is -0.0165.